The Morgan fingerprint density at radius 2 is 1.82 bits per heavy atom. The van der Waals surface area contributed by atoms with E-state index < -0.39 is 5.97 Å². The van der Waals surface area contributed by atoms with E-state index in [1.165, 1.54) is 32.1 Å². The van der Waals surface area contributed by atoms with Gasteiger partial charge in [-0.05, 0) is 49.1 Å². The average Bonchev–Trinajstić information content (AvgIpc) is 3.23. The van der Waals surface area contributed by atoms with Crippen LogP contribution < -0.4 is 5.32 Å². The van der Waals surface area contributed by atoms with Crippen LogP contribution in [0.3, 0.4) is 0 Å². The fraction of sp³-hybridized carbons (Fsp3) is 0.318. The molecule has 28 heavy (non-hydrogen) atoms. The number of carboxylic acids is 1. The molecule has 2 N–H and O–H groups in total. The van der Waals surface area contributed by atoms with Crippen LogP contribution in [-0.4, -0.2) is 32.6 Å². The quantitative estimate of drug-likeness (QED) is 0.656. The molecule has 1 aliphatic rings. The summed E-state index contributed by atoms with van der Waals surface area (Å²) < 4.78 is 1.67. The lowest BCUT2D eigenvalue weighted by molar-refractivity contribution is 0.0697. The minimum absolute atomic E-state index is 0.251. The normalized spacial score (nSPS) is 14.7. The van der Waals surface area contributed by atoms with Crippen molar-refractivity contribution in [1.82, 2.24) is 15.0 Å². The van der Waals surface area contributed by atoms with Crippen LogP contribution in [0.5, 0.6) is 0 Å². The number of nitrogens with one attached hydrogen (secondary N) is 1. The van der Waals surface area contributed by atoms with Gasteiger partial charge in [0, 0.05) is 17.8 Å². The molecule has 1 saturated carbocycles. The van der Waals surface area contributed by atoms with E-state index in [4.69, 9.17) is 5.11 Å². The van der Waals surface area contributed by atoms with Crippen molar-refractivity contribution in [2.24, 2.45) is 5.92 Å². The standard InChI is InChI=1S/C22H24N4O2/c27-22(28)17-10-12-18(13-11-17)26-15-21(24-25-26)19-8-4-5-9-20(19)23-14-16-6-2-1-3-7-16/h4-5,8-13,15-16,23H,1-3,6-7,14H2,(H,27,28). The van der Waals surface area contributed by atoms with Crippen molar-refractivity contribution in [1.29, 1.82) is 0 Å². The molecule has 0 aliphatic heterocycles. The topological polar surface area (TPSA) is 80.0 Å². The van der Waals surface area contributed by atoms with E-state index in [2.05, 4.69) is 21.7 Å². The van der Waals surface area contributed by atoms with Crippen LogP contribution in [0.1, 0.15) is 42.5 Å². The number of hydrogen-bond acceptors (Lipinski definition) is 4. The molecule has 0 amide bonds. The summed E-state index contributed by atoms with van der Waals surface area (Å²) in [5, 5.41) is 21.2. The third-order valence-electron chi connectivity index (χ3n) is 5.38. The Morgan fingerprint density at radius 3 is 2.57 bits per heavy atom. The molecule has 6 nitrogen and oxygen atoms in total. The van der Waals surface area contributed by atoms with Crippen LogP contribution in [0, 0.1) is 5.92 Å². The number of aromatic carboxylic acids is 1. The predicted octanol–water partition coefficient (Wildman–Crippen LogP) is 4.62. The summed E-state index contributed by atoms with van der Waals surface area (Å²) >= 11 is 0. The Balaban J connectivity index is 1.52. The number of rotatable bonds is 6. The van der Waals surface area contributed by atoms with Gasteiger partial charge >= 0.3 is 5.97 Å². The van der Waals surface area contributed by atoms with Gasteiger partial charge in [0.25, 0.3) is 0 Å². The Kier molecular flexibility index (Phi) is 5.37. The molecular formula is C22H24N4O2. The van der Waals surface area contributed by atoms with Gasteiger partial charge in [-0.25, -0.2) is 9.48 Å². The first kappa shape index (κ1) is 18.2. The lowest BCUT2D eigenvalue weighted by atomic mass is 9.89. The Bertz CT molecular complexity index is 943. The molecule has 0 saturated heterocycles. The van der Waals surface area contributed by atoms with Crippen LogP contribution in [0.2, 0.25) is 0 Å². The number of carboxylic acid groups (broad SMARTS) is 1. The molecule has 1 heterocycles. The van der Waals surface area contributed by atoms with Gasteiger partial charge in [0.1, 0.15) is 5.69 Å². The summed E-state index contributed by atoms with van der Waals surface area (Å²) in [6.45, 7) is 0.988. The van der Waals surface area contributed by atoms with Crippen LogP contribution >= 0.6 is 0 Å². The van der Waals surface area contributed by atoms with E-state index in [0.29, 0.717) is 0 Å². The maximum Gasteiger partial charge on any atom is 0.335 e. The van der Waals surface area contributed by atoms with Crippen molar-refractivity contribution in [3.63, 3.8) is 0 Å². The van der Waals surface area contributed by atoms with Crippen LogP contribution in [-0.2, 0) is 0 Å². The van der Waals surface area contributed by atoms with E-state index in [0.717, 1.165) is 35.1 Å². The zero-order valence-corrected chi connectivity index (χ0v) is 15.7. The number of benzene rings is 2. The zero-order valence-electron chi connectivity index (χ0n) is 15.7. The second-order valence-corrected chi connectivity index (χ2v) is 7.33. The maximum atomic E-state index is 11.0. The molecule has 0 unspecified atom stereocenters. The van der Waals surface area contributed by atoms with Gasteiger partial charge in [-0.15, -0.1) is 5.10 Å². The van der Waals surface area contributed by atoms with Gasteiger partial charge in [-0.2, -0.15) is 0 Å². The largest absolute Gasteiger partial charge is 0.478 e. The highest BCUT2D eigenvalue weighted by atomic mass is 16.4. The molecule has 1 aliphatic carbocycles. The number of para-hydroxylation sites is 1. The van der Waals surface area contributed by atoms with Gasteiger partial charge in [-0.1, -0.05) is 42.7 Å². The third kappa shape index (κ3) is 4.06. The zero-order chi connectivity index (χ0) is 19.3. The number of hydrogen-bond donors (Lipinski definition) is 2. The Hall–Kier alpha value is -3.15. The number of anilines is 1. The van der Waals surface area contributed by atoms with E-state index in [1.807, 2.05) is 24.4 Å². The number of aromatic nitrogens is 3. The van der Waals surface area contributed by atoms with E-state index in [1.54, 1.807) is 28.9 Å². The molecule has 3 aromatic rings. The predicted molar refractivity (Wildman–Crippen MR) is 109 cm³/mol. The molecule has 144 valence electrons. The van der Waals surface area contributed by atoms with Crippen LogP contribution in [0.4, 0.5) is 5.69 Å². The SMILES string of the molecule is O=C(O)c1ccc(-n2cc(-c3ccccc3NCC3CCCCC3)nn2)cc1. The second-order valence-electron chi connectivity index (χ2n) is 7.33. The van der Waals surface area contributed by atoms with Crippen LogP contribution in [0.25, 0.3) is 16.9 Å². The average molecular weight is 376 g/mol. The van der Waals surface area contributed by atoms with Gasteiger partial charge < -0.3 is 10.4 Å². The third-order valence-corrected chi connectivity index (χ3v) is 5.38. The lowest BCUT2D eigenvalue weighted by Gasteiger charge is -2.22. The molecule has 1 fully saturated rings. The summed E-state index contributed by atoms with van der Waals surface area (Å²) in [6.07, 6.45) is 8.52. The molecule has 6 heteroatoms. The summed E-state index contributed by atoms with van der Waals surface area (Å²) in [5.41, 5.74) is 3.90. The van der Waals surface area contributed by atoms with Crippen molar-refractivity contribution in [2.45, 2.75) is 32.1 Å². The van der Waals surface area contributed by atoms with Gasteiger partial charge in [0.15, 0.2) is 0 Å². The summed E-state index contributed by atoms with van der Waals surface area (Å²) in [6, 6.07) is 14.8. The highest BCUT2D eigenvalue weighted by Crippen LogP contribution is 2.29. The number of nitrogens with zero attached hydrogens (tertiary/aromatic N) is 3. The van der Waals surface area contributed by atoms with E-state index in [9.17, 15) is 4.79 Å². The first-order chi connectivity index (χ1) is 13.7. The molecule has 0 bridgehead atoms. The fourth-order valence-corrected chi connectivity index (χ4v) is 3.78. The fourth-order valence-electron chi connectivity index (χ4n) is 3.78. The van der Waals surface area contributed by atoms with Gasteiger partial charge in [0.2, 0.25) is 0 Å². The first-order valence-corrected chi connectivity index (χ1v) is 9.80. The minimum Gasteiger partial charge on any atom is -0.478 e. The number of carbonyl (C=O) groups is 1. The van der Waals surface area contributed by atoms with Gasteiger partial charge in [-0.3, -0.25) is 0 Å². The van der Waals surface area contributed by atoms with Crippen molar-refractivity contribution >= 4 is 11.7 Å². The molecule has 0 radical (unpaired) electrons. The molecular weight excluding hydrogens is 352 g/mol. The summed E-state index contributed by atoms with van der Waals surface area (Å²) in [7, 11) is 0. The van der Waals surface area contributed by atoms with E-state index in [-0.39, 0.29) is 5.56 Å². The molecule has 1 aromatic heterocycles. The minimum atomic E-state index is -0.941. The Labute approximate surface area is 164 Å². The van der Waals surface area contributed by atoms with Crippen molar-refractivity contribution < 1.29 is 9.90 Å². The molecule has 4 rings (SSSR count). The van der Waals surface area contributed by atoms with Gasteiger partial charge in [0.05, 0.1) is 17.4 Å². The van der Waals surface area contributed by atoms with Crippen molar-refractivity contribution in [3.05, 3.63) is 60.3 Å². The smallest absolute Gasteiger partial charge is 0.335 e. The monoisotopic (exact) mass is 376 g/mol. The lowest BCUT2D eigenvalue weighted by Crippen LogP contribution is -2.17. The Morgan fingerprint density at radius 1 is 1.07 bits per heavy atom. The van der Waals surface area contributed by atoms with E-state index >= 15 is 0 Å². The molecule has 0 spiro atoms. The second kappa shape index (κ2) is 8.25. The van der Waals surface area contributed by atoms with Crippen LogP contribution in [0.15, 0.2) is 54.7 Å². The van der Waals surface area contributed by atoms with Crippen molar-refractivity contribution in [2.75, 3.05) is 11.9 Å². The molecule has 2 aromatic carbocycles. The summed E-state index contributed by atoms with van der Waals surface area (Å²) in [5.74, 6) is -0.200. The van der Waals surface area contributed by atoms with Crippen molar-refractivity contribution in [3.8, 4) is 16.9 Å². The first-order valence-electron chi connectivity index (χ1n) is 9.80. The maximum absolute atomic E-state index is 11.0. The highest BCUT2D eigenvalue weighted by molar-refractivity contribution is 5.87. The summed E-state index contributed by atoms with van der Waals surface area (Å²) in [4.78, 5) is 11.0. The molecule has 0 atom stereocenters. The highest BCUT2D eigenvalue weighted by Gasteiger charge is 2.15.